The van der Waals surface area contributed by atoms with Gasteiger partial charge in [0.2, 0.25) is 0 Å². The molecule has 2 nitrogen and oxygen atoms in total. The highest BCUT2D eigenvalue weighted by atomic mass is 35.5. The van der Waals surface area contributed by atoms with Crippen molar-refractivity contribution in [3.63, 3.8) is 0 Å². The van der Waals surface area contributed by atoms with Crippen LogP contribution in [-0.2, 0) is 0 Å². The van der Waals surface area contributed by atoms with E-state index in [1.807, 2.05) is 19.2 Å². The van der Waals surface area contributed by atoms with E-state index in [4.69, 9.17) is 16.0 Å². The van der Waals surface area contributed by atoms with Crippen molar-refractivity contribution in [2.45, 2.75) is 51.0 Å². The molecular weight excluding hydrogens is 282 g/mol. The van der Waals surface area contributed by atoms with Crippen LogP contribution in [0.1, 0.15) is 56.7 Å². The van der Waals surface area contributed by atoms with E-state index < -0.39 is 0 Å². The Balaban J connectivity index is 1.79. The molecule has 1 N–H and O–H groups in total. The van der Waals surface area contributed by atoms with Crippen molar-refractivity contribution in [3.05, 3.63) is 35.0 Å². The Hall–Kier alpha value is -0.990. The molecule has 0 saturated heterocycles. The Morgan fingerprint density at radius 1 is 1.24 bits per heavy atom. The molecule has 1 saturated carbocycles. The van der Waals surface area contributed by atoms with E-state index in [0.717, 1.165) is 29.1 Å². The Morgan fingerprint density at radius 2 is 2.00 bits per heavy atom. The predicted octanol–water partition coefficient (Wildman–Crippen LogP) is 5.71. The number of halogens is 1. The van der Waals surface area contributed by atoms with Gasteiger partial charge in [-0.2, -0.15) is 0 Å². The van der Waals surface area contributed by atoms with Crippen LogP contribution in [0.5, 0.6) is 0 Å². The van der Waals surface area contributed by atoms with Gasteiger partial charge in [0, 0.05) is 5.39 Å². The van der Waals surface area contributed by atoms with Crippen molar-refractivity contribution in [2.75, 3.05) is 7.05 Å². The standard InChI is InChI=1S/C18H24ClNO/c1-20-16(11-13-7-4-2-3-5-8-13)17-12-14-9-6-10-15(19)18(14)21-17/h6,9-10,12-13,16,20H,2-5,7-8,11H2,1H3. The summed E-state index contributed by atoms with van der Waals surface area (Å²) in [6.45, 7) is 0. The van der Waals surface area contributed by atoms with Crippen LogP contribution in [0.15, 0.2) is 28.7 Å². The third kappa shape index (κ3) is 3.44. The molecule has 21 heavy (non-hydrogen) atoms. The Kier molecular flexibility index (Phi) is 4.87. The lowest BCUT2D eigenvalue weighted by Gasteiger charge is -2.20. The van der Waals surface area contributed by atoms with E-state index in [1.54, 1.807) is 0 Å². The van der Waals surface area contributed by atoms with Gasteiger partial charge in [0.15, 0.2) is 5.58 Å². The number of nitrogens with one attached hydrogen (secondary N) is 1. The van der Waals surface area contributed by atoms with Crippen molar-refractivity contribution in [1.29, 1.82) is 0 Å². The summed E-state index contributed by atoms with van der Waals surface area (Å²) >= 11 is 6.22. The zero-order valence-corrected chi connectivity index (χ0v) is 13.5. The minimum Gasteiger partial charge on any atom is -0.458 e. The van der Waals surface area contributed by atoms with Crippen LogP contribution >= 0.6 is 11.6 Å². The number of hydrogen-bond acceptors (Lipinski definition) is 2. The molecule has 1 unspecified atom stereocenters. The van der Waals surface area contributed by atoms with Gasteiger partial charge in [-0.3, -0.25) is 0 Å². The van der Waals surface area contributed by atoms with Crippen LogP contribution in [0.25, 0.3) is 11.0 Å². The van der Waals surface area contributed by atoms with E-state index in [1.165, 1.54) is 38.5 Å². The maximum Gasteiger partial charge on any atom is 0.152 e. The molecular formula is C18H24ClNO. The first kappa shape index (κ1) is 14.9. The summed E-state index contributed by atoms with van der Waals surface area (Å²) in [7, 11) is 2.02. The van der Waals surface area contributed by atoms with E-state index in [0.29, 0.717) is 5.02 Å². The number of rotatable bonds is 4. The van der Waals surface area contributed by atoms with Crippen molar-refractivity contribution < 1.29 is 4.42 Å². The SMILES string of the molecule is CNC(CC1CCCCCC1)c1cc2cccc(Cl)c2o1. The van der Waals surface area contributed by atoms with Gasteiger partial charge in [-0.25, -0.2) is 0 Å². The lowest BCUT2D eigenvalue weighted by molar-refractivity contribution is 0.336. The van der Waals surface area contributed by atoms with Gasteiger partial charge in [-0.15, -0.1) is 0 Å². The molecule has 1 aromatic carbocycles. The van der Waals surface area contributed by atoms with Crippen molar-refractivity contribution >= 4 is 22.6 Å². The maximum absolute atomic E-state index is 6.22. The van der Waals surface area contributed by atoms with E-state index in [-0.39, 0.29) is 6.04 Å². The predicted molar refractivity (Wildman–Crippen MR) is 88.8 cm³/mol. The van der Waals surface area contributed by atoms with Gasteiger partial charge < -0.3 is 9.73 Å². The number of hydrogen-bond donors (Lipinski definition) is 1. The maximum atomic E-state index is 6.22. The quantitative estimate of drug-likeness (QED) is 0.732. The summed E-state index contributed by atoms with van der Waals surface area (Å²) in [5, 5.41) is 5.22. The van der Waals surface area contributed by atoms with Crippen LogP contribution in [0, 0.1) is 5.92 Å². The molecule has 0 bridgehead atoms. The normalized spacial score (nSPS) is 18.8. The Labute approximate surface area is 131 Å². The molecule has 1 aromatic heterocycles. The van der Waals surface area contributed by atoms with Crippen LogP contribution in [0.3, 0.4) is 0 Å². The first-order valence-corrected chi connectivity index (χ1v) is 8.51. The fourth-order valence-electron chi connectivity index (χ4n) is 3.53. The molecule has 114 valence electrons. The summed E-state index contributed by atoms with van der Waals surface area (Å²) in [5.41, 5.74) is 0.815. The molecule has 0 amide bonds. The molecule has 1 aliphatic carbocycles. The van der Waals surface area contributed by atoms with Crippen molar-refractivity contribution in [2.24, 2.45) is 5.92 Å². The average molecular weight is 306 g/mol. The van der Waals surface area contributed by atoms with Gasteiger partial charge in [-0.1, -0.05) is 62.3 Å². The second-order valence-electron chi connectivity index (χ2n) is 6.24. The van der Waals surface area contributed by atoms with Gasteiger partial charge in [-0.05, 0) is 31.5 Å². The first-order chi connectivity index (χ1) is 10.3. The fourth-order valence-corrected chi connectivity index (χ4v) is 3.75. The van der Waals surface area contributed by atoms with E-state index in [2.05, 4.69) is 17.4 Å². The van der Waals surface area contributed by atoms with Gasteiger partial charge in [0.05, 0.1) is 11.1 Å². The second-order valence-corrected chi connectivity index (χ2v) is 6.65. The minimum absolute atomic E-state index is 0.288. The molecule has 3 rings (SSSR count). The molecule has 3 heteroatoms. The van der Waals surface area contributed by atoms with Crippen LogP contribution < -0.4 is 5.32 Å². The van der Waals surface area contributed by atoms with Crippen LogP contribution in [0.2, 0.25) is 5.02 Å². The van der Waals surface area contributed by atoms with Crippen LogP contribution in [0.4, 0.5) is 0 Å². The monoisotopic (exact) mass is 305 g/mol. The summed E-state index contributed by atoms with van der Waals surface area (Å²) in [6.07, 6.45) is 9.45. The average Bonchev–Trinajstić information content (AvgIpc) is 2.76. The lowest BCUT2D eigenvalue weighted by atomic mass is 9.91. The highest BCUT2D eigenvalue weighted by Gasteiger charge is 2.21. The third-order valence-electron chi connectivity index (χ3n) is 4.75. The fraction of sp³-hybridized carbons (Fsp3) is 0.556. The number of fused-ring (bicyclic) bond motifs is 1. The first-order valence-electron chi connectivity index (χ1n) is 8.13. The molecule has 0 aliphatic heterocycles. The van der Waals surface area contributed by atoms with Crippen molar-refractivity contribution in [1.82, 2.24) is 5.32 Å². The third-order valence-corrected chi connectivity index (χ3v) is 5.05. The molecule has 0 radical (unpaired) electrons. The molecule has 1 atom stereocenters. The molecule has 0 spiro atoms. The van der Waals surface area contributed by atoms with E-state index in [9.17, 15) is 0 Å². The molecule has 1 aliphatic rings. The Morgan fingerprint density at radius 3 is 2.67 bits per heavy atom. The summed E-state index contributed by atoms with van der Waals surface area (Å²) in [6, 6.07) is 8.35. The molecule has 2 aromatic rings. The molecule has 1 fully saturated rings. The number of para-hydroxylation sites is 1. The number of benzene rings is 1. The van der Waals surface area contributed by atoms with Gasteiger partial charge >= 0.3 is 0 Å². The van der Waals surface area contributed by atoms with Crippen molar-refractivity contribution in [3.8, 4) is 0 Å². The summed E-state index contributed by atoms with van der Waals surface area (Å²) in [4.78, 5) is 0. The Bertz CT molecular complexity index is 584. The minimum atomic E-state index is 0.288. The number of furan rings is 1. The smallest absolute Gasteiger partial charge is 0.152 e. The summed E-state index contributed by atoms with van der Waals surface area (Å²) < 4.78 is 6.03. The zero-order chi connectivity index (χ0) is 14.7. The second kappa shape index (κ2) is 6.85. The van der Waals surface area contributed by atoms with Gasteiger partial charge in [0.1, 0.15) is 5.76 Å². The zero-order valence-electron chi connectivity index (χ0n) is 12.7. The topological polar surface area (TPSA) is 25.2 Å². The summed E-state index contributed by atoms with van der Waals surface area (Å²) in [5.74, 6) is 1.83. The largest absolute Gasteiger partial charge is 0.458 e. The highest BCUT2D eigenvalue weighted by Crippen LogP contribution is 2.34. The highest BCUT2D eigenvalue weighted by molar-refractivity contribution is 6.34. The van der Waals surface area contributed by atoms with E-state index >= 15 is 0 Å². The lowest BCUT2D eigenvalue weighted by Crippen LogP contribution is -2.19. The van der Waals surface area contributed by atoms with Crippen LogP contribution in [-0.4, -0.2) is 7.05 Å². The van der Waals surface area contributed by atoms with Gasteiger partial charge in [0.25, 0.3) is 0 Å². The molecule has 1 heterocycles.